The van der Waals surface area contributed by atoms with Crippen LogP contribution < -0.4 is 14.2 Å². The van der Waals surface area contributed by atoms with E-state index in [2.05, 4.69) is 0 Å². The summed E-state index contributed by atoms with van der Waals surface area (Å²) >= 11 is 0. The molecule has 0 aromatic heterocycles. The summed E-state index contributed by atoms with van der Waals surface area (Å²) in [7, 11) is 0. The van der Waals surface area contributed by atoms with Crippen molar-refractivity contribution in [3.63, 3.8) is 0 Å². The maximum absolute atomic E-state index is 12.7. The van der Waals surface area contributed by atoms with Gasteiger partial charge >= 0.3 is 0 Å². The Kier molecular flexibility index (Phi) is 5.95. The standard InChI is InChI=1S/C22H31NO5/c1-2-23(13-17-12-22(28-14-17)9-5-3-4-6-10-22)21(24)15-25-18-7-8-19-20(11-18)27-16-26-19/h7-8,11,17H,2-6,9-10,12-16H2,1H3. The number of rotatable bonds is 6. The molecule has 2 fully saturated rings. The Morgan fingerprint density at radius 1 is 1.18 bits per heavy atom. The van der Waals surface area contributed by atoms with Crippen LogP contribution in [-0.4, -0.2) is 49.5 Å². The van der Waals surface area contributed by atoms with Gasteiger partial charge in [0.1, 0.15) is 5.75 Å². The summed E-state index contributed by atoms with van der Waals surface area (Å²) in [4.78, 5) is 14.6. The minimum Gasteiger partial charge on any atom is -0.484 e. The Morgan fingerprint density at radius 2 is 1.96 bits per heavy atom. The number of carbonyl (C=O) groups is 1. The minimum atomic E-state index is 0.0157. The minimum absolute atomic E-state index is 0.0157. The fraction of sp³-hybridized carbons (Fsp3) is 0.682. The van der Waals surface area contributed by atoms with Crippen molar-refractivity contribution < 1.29 is 23.7 Å². The normalized spacial score (nSPS) is 22.8. The molecule has 1 amide bonds. The highest BCUT2D eigenvalue weighted by Gasteiger charge is 2.40. The van der Waals surface area contributed by atoms with Crippen LogP contribution in [0, 0.1) is 5.92 Å². The number of fused-ring (bicyclic) bond motifs is 1. The van der Waals surface area contributed by atoms with Gasteiger partial charge in [-0.3, -0.25) is 4.79 Å². The summed E-state index contributed by atoms with van der Waals surface area (Å²) in [5, 5.41) is 0. The number of hydrogen-bond donors (Lipinski definition) is 0. The molecule has 154 valence electrons. The number of nitrogens with zero attached hydrogens (tertiary/aromatic N) is 1. The molecule has 0 radical (unpaired) electrons. The molecule has 1 aromatic rings. The molecule has 1 atom stereocenters. The van der Waals surface area contributed by atoms with E-state index in [9.17, 15) is 4.79 Å². The topological polar surface area (TPSA) is 57.2 Å². The van der Waals surface area contributed by atoms with Crippen molar-refractivity contribution in [3.8, 4) is 17.2 Å². The molecule has 28 heavy (non-hydrogen) atoms. The molecule has 2 aliphatic heterocycles. The Hall–Kier alpha value is -1.95. The van der Waals surface area contributed by atoms with Crippen molar-refractivity contribution in [2.45, 2.75) is 57.5 Å². The smallest absolute Gasteiger partial charge is 0.260 e. The first kappa shape index (κ1) is 19.4. The zero-order chi connectivity index (χ0) is 19.4. The van der Waals surface area contributed by atoms with Crippen molar-refractivity contribution in [1.29, 1.82) is 0 Å². The molecular weight excluding hydrogens is 358 g/mol. The van der Waals surface area contributed by atoms with E-state index in [-0.39, 0.29) is 24.9 Å². The second kappa shape index (κ2) is 8.60. The molecule has 0 N–H and O–H groups in total. The second-order valence-corrected chi connectivity index (χ2v) is 8.21. The average molecular weight is 389 g/mol. The molecule has 6 nitrogen and oxygen atoms in total. The Morgan fingerprint density at radius 3 is 2.75 bits per heavy atom. The third kappa shape index (κ3) is 4.37. The van der Waals surface area contributed by atoms with E-state index < -0.39 is 0 Å². The average Bonchev–Trinajstić information content (AvgIpc) is 3.26. The molecular formula is C22H31NO5. The van der Waals surface area contributed by atoms with Crippen LogP contribution in [0.4, 0.5) is 0 Å². The summed E-state index contributed by atoms with van der Waals surface area (Å²) in [6, 6.07) is 5.38. The lowest BCUT2D eigenvalue weighted by Gasteiger charge is -2.28. The van der Waals surface area contributed by atoms with Crippen LogP contribution in [0.5, 0.6) is 17.2 Å². The largest absolute Gasteiger partial charge is 0.484 e. The van der Waals surface area contributed by atoms with Crippen LogP contribution in [0.15, 0.2) is 18.2 Å². The van der Waals surface area contributed by atoms with E-state index in [1.807, 2.05) is 17.9 Å². The van der Waals surface area contributed by atoms with Crippen molar-refractivity contribution in [3.05, 3.63) is 18.2 Å². The maximum atomic E-state index is 12.7. The van der Waals surface area contributed by atoms with Crippen molar-refractivity contribution in [2.75, 3.05) is 33.1 Å². The lowest BCUT2D eigenvalue weighted by Crippen LogP contribution is -2.38. The van der Waals surface area contributed by atoms with Gasteiger partial charge < -0.3 is 23.8 Å². The van der Waals surface area contributed by atoms with Crippen molar-refractivity contribution in [2.24, 2.45) is 5.92 Å². The van der Waals surface area contributed by atoms with E-state index >= 15 is 0 Å². The summed E-state index contributed by atoms with van der Waals surface area (Å²) in [6.45, 7) is 4.50. The van der Waals surface area contributed by atoms with Crippen LogP contribution in [-0.2, 0) is 9.53 Å². The number of hydrogen-bond acceptors (Lipinski definition) is 5. The second-order valence-electron chi connectivity index (χ2n) is 8.21. The number of ether oxygens (including phenoxy) is 4. The molecule has 2 heterocycles. The van der Waals surface area contributed by atoms with Crippen molar-refractivity contribution in [1.82, 2.24) is 4.90 Å². The highest BCUT2D eigenvalue weighted by atomic mass is 16.7. The predicted molar refractivity (Wildman–Crippen MR) is 105 cm³/mol. The highest BCUT2D eigenvalue weighted by Crippen LogP contribution is 2.41. The Balaban J connectivity index is 1.28. The molecule has 1 aromatic carbocycles. The van der Waals surface area contributed by atoms with Crippen molar-refractivity contribution >= 4 is 5.91 Å². The molecule has 1 unspecified atom stereocenters. The first-order valence-electron chi connectivity index (χ1n) is 10.6. The summed E-state index contributed by atoms with van der Waals surface area (Å²) in [5.41, 5.74) is 0.0760. The summed E-state index contributed by atoms with van der Waals surface area (Å²) in [5.74, 6) is 2.43. The van der Waals surface area contributed by atoms with Crippen LogP contribution in [0.1, 0.15) is 51.9 Å². The predicted octanol–water partition coefficient (Wildman–Crippen LogP) is 3.77. The lowest BCUT2D eigenvalue weighted by atomic mass is 9.87. The molecule has 4 rings (SSSR count). The fourth-order valence-corrected chi connectivity index (χ4v) is 4.70. The molecule has 1 spiro atoms. The van der Waals surface area contributed by atoms with Gasteiger partial charge in [0.25, 0.3) is 5.91 Å². The fourth-order valence-electron chi connectivity index (χ4n) is 4.70. The third-order valence-corrected chi connectivity index (χ3v) is 6.22. The first-order valence-corrected chi connectivity index (χ1v) is 10.6. The lowest BCUT2D eigenvalue weighted by molar-refractivity contribution is -0.133. The van der Waals surface area contributed by atoms with Gasteiger partial charge in [-0.1, -0.05) is 25.7 Å². The van der Waals surface area contributed by atoms with E-state index in [1.54, 1.807) is 12.1 Å². The van der Waals surface area contributed by atoms with Gasteiger partial charge in [0.2, 0.25) is 6.79 Å². The van der Waals surface area contributed by atoms with Gasteiger partial charge in [0.05, 0.1) is 12.2 Å². The highest BCUT2D eigenvalue weighted by molar-refractivity contribution is 5.77. The zero-order valence-corrected chi connectivity index (χ0v) is 16.8. The quantitative estimate of drug-likeness (QED) is 0.741. The molecule has 1 saturated carbocycles. The van der Waals surface area contributed by atoms with Crippen LogP contribution in [0.3, 0.4) is 0 Å². The maximum Gasteiger partial charge on any atom is 0.260 e. The summed E-state index contributed by atoms with van der Waals surface area (Å²) in [6.07, 6.45) is 8.63. The van der Waals surface area contributed by atoms with E-state index in [0.29, 0.717) is 29.7 Å². The monoisotopic (exact) mass is 389 g/mol. The molecule has 1 aliphatic carbocycles. The SMILES string of the molecule is CCN(CC1COC2(CCCCCC2)C1)C(=O)COc1ccc2c(c1)OCO2. The number of carbonyl (C=O) groups excluding carboxylic acids is 1. The van der Waals surface area contributed by atoms with Crippen LogP contribution in [0.25, 0.3) is 0 Å². The molecule has 6 heteroatoms. The Labute approximate surface area is 167 Å². The number of likely N-dealkylation sites (N-methyl/N-ethyl adjacent to an activating group) is 1. The van der Waals surface area contributed by atoms with Gasteiger partial charge in [0.15, 0.2) is 18.1 Å². The first-order chi connectivity index (χ1) is 13.7. The third-order valence-electron chi connectivity index (χ3n) is 6.22. The van der Waals surface area contributed by atoms with Gasteiger partial charge in [-0.25, -0.2) is 0 Å². The van der Waals surface area contributed by atoms with E-state index in [4.69, 9.17) is 18.9 Å². The van der Waals surface area contributed by atoms with Gasteiger partial charge in [-0.05, 0) is 38.3 Å². The summed E-state index contributed by atoms with van der Waals surface area (Å²) < 4.78 is 22.6. The molecule has 0 bridgehead atoms. The van der Waals surface area contributed by atoms with E-state index in [0.717, 1.165) is 19.6 Å². The van der Waals surface area contributed by atoms with Crippen LogP contribution in [0.2, 0.25) is 0 Å². The molecule has 1 saturated heterocycles. The Bertz CT molecular complexity index is 684. The molecule has 3 aliphatic rings. The van der Waals surface area contributed by atoms with Gasteiger partial charge in [0, 0.05) is 25.1 Å². The number of amides is 1. The van der Waals surface area contributed by atoms with E-state index in [1.165, 1.54) is 38.5 Å². The number of benzene rings is 1. The van der Waals surface area contributed by atoms with Crippen LogP contribution >= 0.6 is 0 Å². The zero-order valence-electron chi connectivity index (χ0n) is 16.8. The van der Waals surface area contributed by atoms with Gasteiger partial charge in [-0.15, -0.1) is 0 Å². The van der Waals surface area contributed by atoms with Gasteiger partial charge in [-0.2, -0.15) is 0 Å².